The average molecular weight is 296 g/mol. The largest absolute Gasteiger partial charge is 0.377 e. The summed E-state index contributed by atoms with van der Waals surface area (Å²) in [5.74, 6) is -1.15. The summed E-state index contributed by atoms with van der Waals surface area (Å²) in [6.45, 7) is 6.24. The molecule has 0 heterocycles. The summed E-state index contributed by atoms with van der Waals surface area (Å²) in [4.78, 5) is 24.4. The second-order valence-electron chi connectivity index (χ2n) is 6.32. The Balaban J connectivity index is 2.19. The minimum absolute atomic E-state index is 0.0138. The third-order valence-corrected chi connectivity index (χ3v) is 3.59. The van der Waals surface area contributed by atoms with Gasteiger partial charge in [0, 0.05) is 11.1 Å². The van der Waals surface area contributed by atoms with E-state index in [0.717, 1.165) is 5.56 Å². The average Bonchev–Trinajstić information content (AvgIpc) is 2.53. The van der Waals surface area contributed by atoms with E-state index in [1.165, 1.54) is 0 Å². The van der Waals surface area contributed by atoms with Gasteiger partial charge in [-0.3, -0.25) is 9.59 Å². The van der Waals surface area contributed by atoms with Crippen molar-refractivity contribution in [2.45, 2.75) is 32.3 Å². The standard InChI is InChI=1S/C19H20O3/c1-19(2,3)15-11-9-14(10-12-15)17(21)18(22)16(20)13-7-5-4-6-8-13/h4-12,18,22H,1-3H3. The van der Waals surface area contributed by atoms with E-state index in [-0.39, 0.29) is 5.41 Å². The van der Waals surface area contributed by atoms with Crippen molar-refractivity contribution in [3.05, 3.63) is 71.3 Å². The smallest absolute Gasteiger partial charge is 0.199 e. The van der Waals surface area contributed by atoms with E-state index < -0.39 is 17.7 Å². The first-order valence-corrected chi connectivity index (χ1v) is 7.23. The number of hydrogen-bond acceptors (Lipinski definition) is 3. The second kappa shape index (κ2) is 6.24. The Hall–Kier alpha value is -2.26. The van der Waals surface area contributed by atoms with Crippen LogP contribution in [0.5, 0.6) is 0 Å². The second-order valence-corrected chi connectivity index (χ2v) is 6.32. The van der Waals surface area contributed by atoms with Gasteiger partial charge in [-0.1, -0.05) is 75.4 Å². The molecule has 0 aliphatic heterocycles. The molecule has 0 bridgehead atoms. The van der Waals surface area contributed by atoms with E-state index >= 15 is 0 Å². The highest BCUT2D eigenvalue weighted by Crippen LogP contribution is 2.22. The van der Waals surface area contributed by atoms with Crippen LogP contribution in [0.3, 0.4) is 0 Å². The summed E-state index contributed by atoms with van der Waals surface area (Å²) in [5, 5.41) is 10.0. The zero-order valence-electron chi connectivity index (χ0n) is 13.0. The molecule has 114 valence electrons. The molecule has 1 unspecified atom stereocenters. The molecule has 3 heteroatoms. The normalized spacial score (nSPS) is 12.7. The van der Waals surface area contributed by atoms with Gasteiger partial charge in [0.2, 0.25) is 0 Å². The van der Waals surface area contributed by atoms with Gasteiger partial charge in [0.05, 0.1) is 0 Å². The molecular weight excluding hydrogens is 276 g/mol. The van der Waals surface area contributed by atoms with Crippen LogP contribution in [0.2, 0.25) is 0 Å². The summed E-state index contributed by atoms with van der Waals surface area (Å²) >= 11 is 0. The van der Waals surface area contributed by atoms with Crippen LogP contribution >= 0.6 is 0 Å². The molecule has 2 aromatic carbocycles. The van der Waals surface area contributed by atoms with E-state index in [1.54, 1.807) is 42.5 Å². The van der Waals surface area contributed by atoms with Gasteiger partial charge in [-0.15, -0.1) is 0 Å². The molecule has 1 N–H and O–H groups in total. The summed E-state index contributed by atoms with van der Waals surface area (Å²) in [6.07, 6.45) is -1.66. The maximum atomic E-state index is 12.2. The van der Waals surface area contributed by atoms with Gasteiger partial charge in [0.1, 0.15) is 0 Å². The van der Waals surface area contributed by atoms with Crippen LogP contribution in [0.15, 0.2) is 54.6 Å². The van der Waals surface area contributed by atoms with Crippen molar-refractivity contribution in [2.75, 3.05) is 0 Å². The van der Waals surface area contributed by atoms with Crippen molar-refractivity contribution in [1.29, 1.82) is 0 Å². The van der Waals surface area contributed by atoms with Crippen molar-refractivity contribution in [3.63, 3.8) is 0 Å². The first-order chi connectivity index (χ1) is 10.3. The molecule has 22 heavy (non-hydrogen) atoms. The van der Waals surface area contributed by atoms with Crippen molar-refractivity contribution in [1.82, 2.24) is 0 Å². The van der Waals surface area contributed by atoms with E-state index in [9.17, 15) is 14.7 Å². The highest BCUT2D eigenvalue weighted by molar-refractivity contribution is 6.18. The lowest BCUT2D eigenvalue weighted by Crippen LogP contribution is -2.30. The SMILES string of the molecule is CC(C)(C)c1ccc(C(=O)C(O)C(=O)c2ccccc2)cc1. The monoisotopic (exact) mass is 296 g/mol. The van der Waals surface area contributed by atoms with Gasteiger partial charge < -0.3 is 5.11 Å². The first-order valence-electron chi connectivity index (χ1n) is 7.23. The molecule has 3 nitrogen and oxygen atoms in total. The molecule has 0 amide bonds. The number of aliphatic hydroxyl groups is 1. The van der Waals surface area contributed by atoms with Gasteiger partial charge in [-0.25, -0.2) is 0 Å². The first kappa shape index (κ1) is 16.1. The molecule has 0 spiro atoms. The van der Waals surface area contributed by atoms with E-state index in [1.807, 2.05) is 12.1 Å². The number of benzene rings is 2. The van der Waals surface area contributed by atoms with Crippen molar-refractivity contribution in [3.8, 4) is 0 Å². The lowest BCUT2D eigenvalue weighted by atomic mass is 9.86. The third kappa shape index (κ3) is 3.49. The van der Waals surface area contributed by atoms with Gasteiger partial charge in [0.15, 0.2) is 17.7 Å². The number of carbonyl (C=O) groups excluding carboxylic acids is 2. The van der Waals surface area contributed by atoms with E-state index in [2.05, 4.69) is 20.8 Å². The van der Waals surface area contributed by atoms with Crippen LogP contribution in [0.4, 0.5) is 0 Å². The predicted molar refractivity (Wildman–Crippen MR) is 86.3 cm³/mol. The van der Waals surface area contributed by atoms with E-state index in [4.69, 9.17) is 0 Å². The van der Waals surface area contributed by atoms with Crippen molar-refractivity contribution >= 4 is 11.6 Å². The number of aliphatic hydroxyl groups excluding tert-OH is 1. The summed E-state index contributed by atoms with van der Waals surface area (Å²) in [5.41, 5.74) is 1.74. The van der Waals surface area contributed by atoms with Gasteiger partial charge in [-0.05, 0) is 11.0 Å². The van der Waals surface area contributed by atoms with Crippen LogP contribution in [-0.4, -0.2) is 22.8 Å². The Morgan fingerprint density at radius 1 is 0.818 bits per heavy atom. The molecule has 2 rings (SSSR count). The van der Waals surface area contributed by atoms with Gasteiger partial charge >= 0.3 is 0 Å². The van der Waals surface area contributed by atoms with E-state index in [0.29, 0.717) is 11.1 Å². The molecule has 0 radical (unpaired) electrons. The minimum Gasteiger partial charge on any atom is -0.377 e. The van der Waals surface area contributed by atoms with Crippen molar-refractivity contribution < 1.29 is 14.7 Å². The molecule has 0 aliphatic carbocycles. The molecule has 1 atom stereocenters. The lowest BCUT2D eigenvalue weighted by Gasteiger charge is -2.19. The Morgan fingerprint density at radius 2 is 1.27 bits per heavy atom. The van der Waals surface area contributed by atoms with Crippen LogP contribution < -0.4 is 0 Å². The number of hydrogen-bond donors (Lipinski definition) is 1. The maximum absolute atomic E-state index is 12.2. The fourth-order valence-electron chi connectivity index (χ4n) is 2.17. The molecule has 2 aromatic rings. The van der Waals surface area contributed by atoms with Crippen LogP contribution in [0, 0.1) is 0 Å². The number of Topliss-reactive ketones (excluding diaryl/α,β-unsaturated/α-hetero) is 2. The molecular formula is C19H20O3. The summed E-state index contributed by atoms with van der Waals surface area (Å²) in [6, 6.07) is 15.4. The summed E-state index contributed by atoms with van der Waals surface area (Å²) in [7, 11) is 0. The van der Waals surface area contributed by atoms with Crippen LogP contribution in [-0.2, 0) is 5.41 Å². The Kier molecular flexibility index (Phi) is 4.57. The predicted octanol–water partition coefficient (Wildman–Crippen LogP) is 3.41. The molecule has 0 aliphatic rings. The zero-order chi connectivity index (χ0) is 16.3. The minimum atomic E-state index is -1.66. The molecule has 0 aromatic heterocycles. The topological polar surface area (TPSA) is 54.4 Å². The number of carbonyl (C=O) groups is 2. The summed E-state index contributed by atoms with van der Waals surface area (Å²) < 4.78 is 0. The van der Waals surface area contributed by atoms with Crippen LogP contribution in [0.1, 0.15) is 47.1 Å². The Bertz CT molecular complexity index is 664. The van der Waals surface area contributed by atoms with Gasteiger partial charge in [-0.2, -0.15) is 0 Å². The highest BCUT2D eigenvalue weighted by atomic mass is 16.3. The maximum Gasteiger partial charge on any atom is 0.199 e. The van der Waals surface area contributed by atoms with Crippen molar-refractivity contribution in [2.24, 2.45) is 0 Å². The number of rotatable bonds is 4. The molecule has 0 saturated heterocycles. The molecule has 0 saturated carbocycles. The fraction of sp³-hybridized carbons (Fsp3) is 0.263. The Labute approximate surface area is 130 Å². The third-order valence-electron chi connectivity index (χ3n) is 3.59. The Morgan fingerprint density at radius 3 is 1.73 bits per heavy atom. The zero-order valence-corrected chi connectivity index (χ0v) is 13.0. The molecule has 0 fully saturated rings. The highest BCUT2D eigenvalue weighted by Gasteiger charge is 2.26. The fourth-order valence-corrected chi connectivity index (χ4v) is 2.17. The van der Waals surface area contributed by atoms with Crippen LogP contribution in [0.25, 0.3) is 0 Å². The number of ketones is 2. The lowest BCUT2D eigenvalue weighted by molar-refractivity contribution is 0.0628. The quantitative estimate of drug-likeness (QED) is 0.695. The van der Waals surface area contributed by atoms with Gasteiger partial charge in [0.25, 0.3) is 0 Å².